The quantitative estimate of drug-likeness (QED) is 0.906. The third kappa shape index (κ3) is 3.74. The van der Waals surface area contributed by atoms with E-state index in [2.05, 4.69) is 15.3 Å². The SMILES string of the molecule is CCNc1cc(Oc2ccccc2C(F)(F)F)nc(N)n1. The van der Waals surface area contributed by atoms with Crippen LogP contribution in [0.25, 0.3) is 0 Å². The van der Waals surface area contributed by atoms with E-state index in [1.54, 1.807) is 0 Å². The van der Waals surface area contributed by atoms with Crippen molar-refractivity contribution >= 4 is 11.8 Å². The Morgan fingerprint density at radius 3 is 2.62 bits per heavy atom. The van der Waals surface area contributed by atoms with Crippen LogP contribution in [0, 0.1) is 0 Å². The molecule has 1 heterocycles. The molecular formula is C13H13F3N4O. The van der Waals surface area contributed by atoms with Crippen molar-refractivity contribution in [3.63, 3.8) is 0 Å². The van der Waals surface area contributed by atoms with E-state index in [9.17, 15) is 13.2 Å². The maximum absolute atomic E-state index is 12.9. The molecule has 0 unspecified atom stereocenters. The Hall–Kier alpha value is -2.51. The van der Waals surface area contributed by atoms with Gasteiger partial charge >= 0.3 is 6.18 Å². The number of para-hydroxylation sites is 1. The Morgan fingerprint density at radius 1 is 1.24 bits per heavy atom. The summed E-state index contributed by atoms with van der Waals surface area (Å²) in [4.78, 5) is 7.66. The number of nitrogens with two attached hydrogens (primary N) is 1. The molecule has 0 aliphatic rings. The van der Waals surface area contributed by atoms with Crippen LogP contribution in [0.1, 0.15) is 12.5 Å². The molecule has 0 aliphatic carbocycles. The smallest absolute Gasteiger partial charge is 0.419 e. The van der Waals surface area contributed by atoms with Crippen LogP contribution in [0.15, 0.2) is 30.3 Å². The molecule has 2 rings (SSSR count). The lowest BCUT2D eigenvalue weighted by atomic mass is 10.2. The molecule has 0 bridgehead atoms. The van der Waals surface area contributed by atoms with Crippen LogP contribution in [0.4, 0.5) is 24.9 Å². The predicted octanol–water partition coefficient (Wildman–Crippen LogP) is 3.30. The van der Waals surface area contributed by atoms with Crippen molar-refractivity contribution in [1.29, 1.82) is 0 Å². The fourth-order valence-corrected chi connectivity index (χ4v) is 1.67. The molecule has 0 radical (unpaired) electrons. The molecule has 8 heteroatoms. The van der Waals surface area contributed by atoms with Gasteiger partial charge in [-0.2, -0.15) is 23.1 Å². The topological polar surface area (TPSA) is 73.1 Å². The molecule has 0 aliphatic heterocycles. The zero-order valence-corrected chi connectivity index (χ0v) is 11.1. The number of benzene rings is 1. The second-order valence-electron chi connectivity index (χ2n) is 4.08. The Morgan fingerprint density at radius 2 is 1.95 bits per heavy atom. The fraction of sp³-hybridized carbons (Fsp3) is 0.231. The van der Waals surface area contributed by atoms with Crippen LogP contribution in [-0.2, 0) is 6.18 Å². The van der Waals surface area contributed by atoms with Crippen molar-refractivity contribution in [3.8, 4) is 11.6 Å². The molecule has 112 valence electrons. The van der Waals surface area contributed by atoms with Crippen molar-refractivity contribution < 1.29 is 17.9 Å². The average molecular weight is 298 g/mol. The second-order valence-corrected chi connectivity index (χ2v) is 4.08. The number of anilines is 2. The van der Waals surface area contributed by atoms with Gasteiger partial charge in [-0.05, 0) is 19.1 Å². The minimum atomic E-state index is -4.51. The second kappa shape index (κ2) is 5.86. The van der Waals surface area contributed by atoms with E-state index < -0.39 is 11.7 Å². The zero-order chi connectivity index (χ0) is 15.5. The molecule has 0 amide bonds. The summed E-state index contributed by atoms with van der Waals surface area (Å²) in [5, 5.41) is 2.89. The summed E-state index contributed by atoms with van der Waals surface area (Å²) >= 11 is 0. The molecule has 5 nitrogen and oxygen atoms in total. The third-order valence-corrected chi connectivity index (χ3v) is 2.48. The highest BCUT2D eigenvalue weighted by Crippen LogP contribution is 2.37. The highest BCUT2D eigenvalue weighted by atomic mass is 19.4. The number of nitrogen functional groups attached to an aromatic ring is 1. The van der Waals surface area contributed by atoms with Gasteiger partial charge in [-0.1, -0.05) is 12.1 Å². The average Bonchev–Trinajstić information content (AvgIpc) is 2.37. The van der Waals surface area contributed by atoms with E-state index in [-0.39, 0.29) is 17.6 Å². The van der Waals surface area contributed by atoms with Gasteiger partial charge in [0.15, 0.2) is 0 Å². The summed E-state index contributed by atoms with van der Waals surface area (Å²) < 4.78 is 43.9. The van der Waals surface area contributed by atoms with Crippen LogP contribution >= 0.6 is 0 Å². The Balaban J connectivity index is 2.35. The maximum atomic E-state index is 12.9. The van der Waals surface area contributed by atoms with Gasteiger partial charge in [0.25, 0.3) is 0 Å². The van der Waals surface area contributed by atoms with E-state index >= 15 is 0 Å². The van der Waals surface area contributed by atoms with E-state index in [1.807, 2.05) is 6.92 Å². The van der Waals surface area contributed by atoms with Crippen LogP contribution in [0.2, 0.25) is 0 Å². The van der Waals surface area contributed by atoms with Crippen LogP contribution < -0.4 is 15.8 Å². The first kappa shape index (κ1) is 14.9. The van der Waals surface area contributed by atoms with Crippen molar-refractivity contribution in [1.82, 2.24) is 9.97 Å². The summed E-state index contributed by atoms with van der Waals surface area (Å²) in [5.74, 6) is -0.113. The number of hydrogen-bond acceptors (Lipinski definition) is 5. The lowest BCUT2D eigenvalue weighted by Gasteiger charge is -2.13. The first-order valence-corrected chi connectivity index (χ1v) is 6.12. The van der Waals surface area contributed by atoms with Gasteiger partial charge in [0.1, 0.15) is 11.6 Å². The molecule has 1 aromatic heterocycles. The minimum absolute atomic E-state index is 0.0600. The number of rotatable bonds is 4. The minimum Gasteiger partial charge on any atom is -0.438 e. The van der Waals surface area contributed by atoms with Gasteiger partial charge < -0.3 is 15.8 Å². The number of nitrogens with one attached hydrogen (secondary N) is 1. The van der Waals surface area contributed by atoms with Crippen molar-refractivity contribution in [2.75, 3.05) is 17.6 Å². The molecule has 0 atom stereocenters. The molecular weight excluding hydrogens is 285 g/mol. The summed E-state index contributed by atoms with van der Waals surface area (Å²) in [7, 11) is 0. The summed E-state index contributed by atoms with van der Waals surface area (Å²) in [6, 6.07) is 6.26. The van der Waals surface area contributed by atoms with Gasteiger partial charge in [0, 0.05) is 12.6 Å². The van der Waals surface area contributed by atoms with Crippen LogP contribution in [0.5, 0.6) is 11.6 Å². The predicted molar refractivity (Wildman–Crippen MR) is 72.1 cm³/mol. The highest BCUT2D eigenvalue weighted by molar-refractivity contribution is 5.45. The zero-order valence-electron chi connectivity index (χ0n) is 11.1. The van der Waals surface area contributed by atoms with Crippen molar-refractivity contribution in [2.24, 2.45) is 0 Å². The highest BCUT2D eigenvalue weighted by Gasteiger charge is 2.34. The number of alkyl halides is 3. The number of halogens is 3. The molecule has 21 heavy (non-hydrogen) atoms. The first-order chi connectivity index (χ1) is 9.90. The fourth-order valence-electron chi connectivity index (χ4n) is 1.67. The summed E-state index contributed by atoms with van der Waals surface area (Å²) in [6.07, 6.45) is -4.51. The standard InChI is InChI=1S/C13H13F3N4O/c1-2-18-10-7-11(20-12(17)19-10)21-9-6-4-3-5-8(9)13(14,15)16/h3-7H,2H2,1H3,(H3,17,18,19,20). The monoisotopic (exact) mass is 298 g/mol. The van der Waals surface area contributed by atoms with Gasteiger partial charge in [-0.25, -0.2) is 0 Å². The van der Waals surface area contributed by atoms with E-state index in [4.69, 9.17) is 10.5 Å². The number of nitrogens with zero attached hydrogens (tertiary/aromatic N) is 2. The summed E-state index contributed by atoms with van der Waals surface area (Å²) in [6.45, 7) is 2.42. The molecule has 0 saturated heterocycles. The first-order valence-electron chi connectivity index (χ1n) is 6.12. The van der Waals surface area contributed by atoms with Gasteiger partial charge in [0.05, 0.1) is 5.56 Å². The third-order valence-electron chi connectivity index (χ3n) is 2.48. The van der Waals surface area contributed by atoms with Gasteiger partial charge in [-0.15, -0.1) is 0 Å². The lowest BCUT2D eigenvalue weighted by molar-refractivity contribution is -0.138. The van der Waals surface area contributed by atoms with E-state index in [0.29, 0.717) is 12.4 Å². The maximum Gasteiger partial charge on any atom is 0.419 e. The molecule has 0 spiro atoms. The van der Waals surface area contributed by atoms with Gasteiger partial charge in [0.2, 0.25) is 11.8 Å². The van der Waals surface area contributed by atoms with Gasteiger partial charge in [-0.3, -0.25) is 0 Å². The number of hydrogen-bond donors (Lipinski definition) is 2. The van der Waals surface area contributed by atoms with Crippen molar-refractivity contribution in [3.05, 3.63) is 35.9 Å². The van der Waals surface area contributed by atoms with E-state index in [1.165, 1.54) is 24.3 Å². The molecule has 0 saturated carbocycles. The normalized spacial score (nSPS) is 11.2. The number of ether oxygens (including phenoxy) is 1. The lowest BCUT2D eigenvalue weighted by Crippen LogP contribution is -2.08. The molecule has 1 aromatic carbocycles. The number of aromatic nitrogens is 2. The molecule has 2 aromatic rings. The van der Waals surface area contributed by atoms with Crippen LogP contribution in [-0.4, -0.2) is 16.5 Å². The van der Waals surface area contributed by atoms with Crippen molar-refractivity contribution in [2.45, 2.75) is 13.1 Å². The Labute approximate surface area is 119 Å². The van der Waals surface area contributed by atoms with E-state index in [0.717, 1.165) is 6.07 Å². The Bertz CT molecular complexity index is 631. The Kier molecular flexibility index (Phi) is 4.15. The molecule has 3 N–H and O–H groups in total. The molecule has 0 fully saturated rings. The van der Waals surface area contributed by atoms with Crippen LogP contribution in [0.3, 0.4) is 0 Å². The summed E-state index contributed by atoms with van der Waals surface area (Å²) in [5.41, 5.74) is 4.62. The largest absolute Gasteiger partial charge is 0.438 e.